The highest BCUT2D eigenvalue weighted by atomic mass is 32.3. The predicted octanol–water partition coefficient (Wildman–Crippen LogP) is -0.851. The van der Waals surface area contributed by atoms with Crippen LogP contribution in [0.15, 0.2) is 0 Å². The summed E-state index contributed by atoms with van der Waals surface area (Å²) in [5.74, 6) is -1.34. The number of nitrogens with two attached hydrogens (primary N) is 1. The van der Waals surface area contributed by atoms with Crippen LogP contribution in [-0.2, 0) is 37.9 Å². The molecule has 0 aromatic heterocycles. The number of ether oxygens (including phenoxy) is 2. The lowest BCUT2D eigenvalue weighted by Gasteiger charge is -2.27. The van der Waals surface area contributed by atoms with Crippen molar-refractivity contribution in [3.63, 3.8) is 0 Å². The van der Waals surface area contributed by atoms with E-state index in [-0.39, 0.29) is 19.8 Å². The Kier molecular flexibility index (Phi) is 6.85. The summed E-state index contributed by atoms with van der Waals surface area (Å²) >= 11 is 0. The van der Waals surface area contributed by atoms with Crippen molar-refractivity contribution in [3.8, 4) is 0 Å². The second-order valence-electron chi connectivity index (χ2n) is 7.17. The molecule has 160 valence electrons. The third-order valence-electron chi connectivity index (χ3n) is 4.46. The van der Waals surface area contributed by atoms with Gasteiger partial charge in [-0.1, -0.05) is 0 Å². The summed E-state index contributed by atoms with van der Waals surface area (Å²) in [4.78, 5) is 36.9. The van der Waals surface area contributed by atoms with Crippen LogP contribution < -0.4 is 5.73 Å². The molecule has 0 saturated carbocycles. The lowest BCUT2D eigenvalue weighted by Crippen LogP contribution is -2.47. The molecule has 2 bridgehead atoms. The summed E-state index contributed by atoms with van der Waals surface area (Å²) in [7, 11) is -3.19. The zero-order chi connectivity index (χ0) is 21.1. The maximum atomic E-state index is 12.3. The number of nitrogens with zero attached hydrogens (tertiary/aromatic N) is 2. The first kappa shape index (κ1) is 22.3. The van der Waals surface area contributed by atoms with E-state index in [4.69, 9.17) is 23.7 Å². The topological polar surface area (TPSA) is 155 Å². The van der Waals surface area contributed by atoms with Gasteiger partial charge in [-0.25, -0.2) is 8.98 Å². The fourth-order valence-corrected chi connectivity index (χ4v) is 3.70. The van der Waals surface area contributed by atoms with Gasteiger partial charge in [-0.05, 0) is 26.7 Å². The molecule has 12 nitrogen and oxygen atoms in total. The molecule has 2 rings (SSSR count). The Balaban J connectivity index is 1.94. The molecule has 0 spiro atoms. The highest BCUT2D eigenvalue weighted by molar-refractivity contribution is 7.81. The van der Waals surface area contributed by atoms with Crippen LogP contribution in [0.5, 0.6) is 0 Å². The average molecular weight is 423 g/mol. The quantitative estimate of drug-likeness (QED) is 0.349. The molecule has 2 fully saturated rings. The number of carbonyl (C=O) groups is 3. The maximum absolute atomic E-state index is 12.3. The maximum Gasteiger partial charge on any atom is 0.421 e. The summed E-state index contributed by atoms with van der Waals surface area (Å²) in [6.45, 7) is 2.67. The third-order valence-corrected chi connectivity index (χ3v) is 5.21. The number of fused-ring (bicyclic) bond motifs is 2. The van der Waals surface area contributed by atoms with Crippen LogP contribution in [0, 0.1) is 5.41 Å². The number of carbonyl (C=O) groups excluding carboxylic acids is 3. The zero-order valence-electron chi connectivity index (χ0n) is 16.0. The van der Waals surface area contributed by atoms with Crippen LogP contribution in [0.3, 0.4) is 0 Å². The largest absolute Gasteiger partial charge is 0.463 e. The van der Waals surface area contributed by atoms with E-state index in [0.717, 1.165) is 0 Å². The van der Waals surface area contributed by atoms with Crippen LogP contribution in [0.1, 0.15) is 26.7 Å². The smallest absolute Gasteiger partial charge is 0.421 e. The minimum atomic E-state index is -4.64. The van der Waals surface area contributed by atoms with Crippen LogP contribution in [-0.4, -0.2) is 81.8 Å². The summed E-state index contributed by atoms with van der Waals surface area (Å²) in [6.07, 6.45) is 0.662. The van der Waals surface area contributed by atoms with Gasteiger partial charge in [-0.2, -0.15) is 13.5 Å². The predicted molar refractivity (Wildman–Crippen MR) is 92.5 cm³/mol. The first-order valence-corrected chi connectivity index (χ1v) is 9.96. The molecule has 0 aromatic rings. The monoisotopic (exact) mass is 423 g/mol. The lowest BCUT2D eigenvalue weighted by atomic mass is 9.95. The van der Waals surface area contributed by atoms with E-state index >= 15 is 0 Å². The summed E-state index contributed by atoms with van der Waals surface area (Å²) in [5, 5.41) is 0.669. The van der Waals surface area contributed by atoms with Crippen molar-refractivity contribution < 1.29 is 40.7 Å². The van der Waals surface area contributed by atoms with E-state index in [0.29, 0.717) is 17.9 Å². The van der Waals surface area contributed by atoms with E-state index < -0.39 is 52.4 Å². The average Bonchev–Trinajstić information content (AvgIpc) is 2.84. The van der Waals surface area contributed by atoms with E-state index in [9.17, 15) is 22.8 Å². The first-order chi connectivity index (χ1) is 13.0. The molecule has 0 radical (unpaired) electrons. The molecule has 28 heavy (non-hydrogen) atoms. The van der Waals surface area contributed by atoms with Gasteiger partial charge in [0.25, 0.3) is 0 Å². The SMILES string of the molecule is COCCOC(=O)C(C)(C)COS(=O)(=O)ON1C(=O)N2C[C@H]1CC[C@H]2C(N)=O. The molecular weight excluding hydrogens is 398 g/mol. The number of methoxy groups -OCH3 is 1. The molecule has 2 atom stereocenters. The molecular formula is C15H25N3O9S. The van der Waals surface area contributed by atoms with E-state index in [1.807, 2.05) is 0 Å². The van der Waals surface area contributed by atoms with Crippen molar-refractivity contribution in [1.29, 1.82) is 0 Å². The number of hydrogen-bond acceptors (Lipinski definition) is 9. The molecule has 13 heteroatoms. The van der Waals surface area contributed by atoms with Crippen LogP contribution in [0.2, 0.25) is 0 Å². The van der Waals surface area contributed by atoms with E-state index in [2.05, 4.69) is 0 Å². The number of urea groups is 1. The summed E-state index contributed by atoms with van der Waals surface area (Å²) < 4.78 is 43.6. The zero-order valence-corrected chi connectivity index (χ0v) is 16.8. The number of piperidine rings is 1. The van der Waals surface area contributed by atoms with E-state index in [1.54, 1.807) is 0 Å². The minimum absolute atomic E-state index is 0.0167. The molecule has 0 aromatic carbocycles. The van der Waals surface area contributed by atoms with Crippen LogP contribution in [0.25, 0.3) is 0 Å². The van der Waals surface area contributed by atoms with Gasteiger partial charge >= 0.3 is 22.4 Å². The number of esters is 1. The van der Waals surface area contributed by atoms with Crippen molar-refractivity contribution in [2.75, 3.05) is 33.5 Å². The summed E-state index contributed by atoms with van der Waals surface area (Å²) in [5.41, 5.74) is 3.99. The van der Waals surface area contributed by atoms with Crippen molar-refractivity contribution in [2.45, 2.75) is 38.8 Å². The molecule has 2 saturated heterocycles. The molecule has 2 N–H and O–H groups in total. The molecule has 2 aliphatic heterocycles. The standard InChI is InChI=1S/C15H25N3O9S/c1-15(2,13(20)25-7-6-24-3)9-26-28(22,23)27-18-10-4-5-11(12(16)19)17(8-10)14(18)21/h10-11H,4-9H2,1-3H3,(H2,16,19)/t10-,11+/m1/s1. The molecule has 0 unspecified atom stereocenters. The van der Waals surface area contributed by atoms with E-state index in [1.165, 1.54) is 25.9 Å². The van der Waals surface area contributed by atoms with Gasteiger partial charge in [0.15, 0.2) is 0 Å². The van der Waals surface area contributed by atoms with Crippen molar-refractivity contribution in [2.24, 2.45) is 11.1 Å². The Labute approximate surface area is 163 Å². The van der Waals surface area contributed by atoms with Gasteiger partial charge in [0.2, 0.25) is 5.91 Å². The first-order valence-electron chi connectivity index (χ1n) is 8.63. The lowest BCUT2D eigenvalue weighted by molar-refractivity contribution is -0.157. The van der Waals surface area contributed by atoms with Crippen molar-refractivity contribution >= 4 is 28.3 Å². The number of rotatable bonds is 10. The Morgan fingerprint density at radius 3 is 2.54 bits per heavy atom. The molecule has 2 heterocycles. The number of primary amides is 1. The molecule has 0 aliphatic carbocycles. The second kappa shape index (κ2) is 8.59. The number of hydrogen-bond donors (Lipinski definition) is 1. The van der Waals surface area contributed by atoms with Gasteiger partial charge in [0.05, 0.1) is 24.7 Å². The Hall–Kier alpha value is -1.96. The molecule has 2 aliphatic rings. The van der Waals surface area contributed by atoms with Gasteiger partial charge in [0, 0.05) is 13.7 Å². The molecule has 3 amide bonds. The van der Waals surface area contributed by atoms with Gasteiger partial charge in [-0.15, -0.1) is 4.28 Å². The van der Waals surface area contributed by atoms with Crippen molar-refractivity contribution in [1.82, 2.24) is 9.96 Å². The van der Waals surface area contributed by atoms with Gasteiger partial charge in [0.1, 0.15) is 12.6 Å². The Morgan fingerprint density at radius 1 is 1.25 bits per heavy atom. The number of amides is 3. The van der Waals surface area contributed by atoms with Crippen LogP contribution in [0.4, 0.5) is 4.79 Å². The highest BCUT2D eigenvalue weighted by Crippen LogP contribution is 2.31. The third kappa shape index (κ3) is 5.10. The van der Waals surface area contributed by atoms with Crippen molar-refractivity contribution in [3.05, 3.63) is 0 Å². The number of hydroxylamine groups is 2. The Morgan fingerprint density at radius 2 is 1.93 bits per heavy atom. The normalized spacial score (nSPS) is 22.5. The fraction of sp³-hybridized carbons (Fsp3) is 0.800. The van der Waals surface area contributed by atoms with Crippen LogP contribution >= 0.6 is 0 Å². The second-order valence-corrected chi connectivity index (χ2v) is 8.37. The highest BCUT2D eigenvalue weighted by Gasteiger charge is 2.49. The van der Waals surface area contributed by atoms with Gasteiger partial charge < -0.3 is 20.1 Å². The fourth-order valence-electron chi connectivity index (χ4n) is 2.84. The van der Waals surface area contributed by atoms with Gasteiger partial charge in [-0.3, -0.25) is 9.59 Å². The summed E-state index contributed by atoms with van der Waals surface area (Å²) in [6, 6.07) is -2.13. The minimum Gasteiger partial charge on any atom is -0.463 e. The Bertz CT molecular complexity index is 724.